The maximum Gasteiger partial charge on any atom is 0.255 e. The molecule has 2 aromatic rings. The van der Waals surface area contributed by atoms with Crippen LogP contribution in [0.5, 0.6) is 0 Å². The number of hydrogen-bond acceptors (Lipinski definition) is 3. The SMILES string of the molecule is CCc1cc(C(=O)Nc2cc(Cl)ccc2C)cc(NC)n1. The lowest BCUT2D eigenvalue weighted by atomic mass is 10.1. The summed E-state index contributed by atoms with van der Waals surface area (Å²) in [4.78, 5) is 16.8. The highest BCUT2D eigenvalue weighted by atomic mass is 35.5. The van der Waals surface area contributed by atoms with Crippen LogP contribution in [0.3, 0.4) is 0 Å². The highest BCUT2D eigenvalue weighted by molar-refractivity contribution is 6.31. The van der Waals surface area contributed by atoms with Gasteiger partial charge in [0.15, 0.2) is 0 Å². The lowest BCUT2D eigenvalue weighted by Crippen LogP contribution is -2.14. The van der Waals surface area contributed by atoms with E-state index in [4.69, 9.17) is 11.6 Å². The Morgan fingerprint density at radius 3 is 2.71 bits per heavy atom. The highest BCUT2D eigenvalue weighted by Gasteiger charge is 2.11. The van der Waals surface area contributed by atoms with Gasteiger partial charge in [0.1, 0.15) is 5.82 Å². The first-order valence-corrected chi connectivity index (χ1v) is 7.17. The van der Waals surface area contributed by atoms with Gasteiger partial charge in [-0.25, -0.2) is 4.98 Å². The van der Waals surface area contributed by atoms with Gasteiger partial charge in [0.05, 0.1) is 0 Å². The molecule has 1 heterocycles. The number of aromatic nitrogens is 1. The predicted octanol–water partition coefficient (Wildman–Crippen LogP) is 3.90. The van der Waals surface area contributed by atoms with E-state index in [0.717, 1.165) is 17.7 Å². The highest BCUT2D eigenvalue weighted by Crippen LogP contribution is 2.21. The van der Waals surface area contributed by atoms with Crippen molar-refractivity contribution < 1.29 is 4.79 Å². The van der Waals surface area contributed by atoms with Crippen LogP contribution >= 0.6 is 11.6 Å². The summed E-state index contributed by atoms with van der Waals surface area (Å²) in [6.45, 7) is 3.93. The minimum Gasteiger partial charge on any atom is -0.373 e. The molecule has 0 bridgehead atoms. The van der Waals surface area contributed by atoms with Gasteiger partial charge >= 0.3 is 0 Å². The number of rotatable bonds is 4. The molecule has 4 nitrogen and oxygen atoms in total. The van der Waals surface area contributed by atoms with Crippen LogP contribution in [0.25, 0.3) is 0 Å². The number of carbonyl (C=O) groups excluding carboxylic acids is 1. The van der Waals surface area contributed by atoms with Gasteiger partial charge in [-0.15, -0.1) is 0 Å². The Hall–Kier alpha value is -2.07. The molecule has 0 atom stereocenters. The molecule has 0 radical (unpaired) electrons. The van der Waals surface area contributed by atoms with E-state index in [-0.39, 0.29) is 5.91 Å². The van der Waals surface area contributed by atoms with E-state index in [9.17, 15) is 4.79 Å². The number of carbonyl (C=O) groups is 1. The minimum absolute atomic E-state index is 0.172. The maximum absolute atomic E-state index is 12.4. The Bertz CT molecular complexity index is 648. The Morgan fingerprint density at radius 2 is 2.05 bits per heavy atom. The van der Waals surface area contributed by atoms with Crippen molar-refractivity contribution in [3.8, 4) is 0 Å². The average molecular weight is 304 g/mol. The van der Waals surface area contributed by atoms with Crippen molar-refractivity contribution in [3.63, 3.8) is 0 Å². The molecule has 21 heavy (non-hydrogen) atoms. The van der Waals surface area contributed by atoms with E-state index in [0.29, 0.717) is 22.1 Å². The molecule has 0 aliphatic heterocycles. The van der Waals surface area contributed by atoms with Gasteiger partial charge in [-0.3, -0.25) is 4.79 Å². The third kappa shape index (κ3) is 3.73. The van der Waals surface area contributed by atoms with Crippen LogP contribution in [-0.2, 0) is 6.42 Å². The van der Waals surface area contributed by atoms with Crippen LogP contribution in [0, 0.1) is 6.92 Å². The number of anilines is 2. The Balaban J connectivity index is 2.29. The summed E-state index contributed by atoms with van der Waals surface area (Å²) in [6, 6.07) is 8.95. The first-order valence-electron chi connectivity index (χ1n) is 6.79. The van der Waals surface area contributed by atoms with Gasteiger partial charge in [0, 0.05) is 29.0 Å². The minimum atomic E-state index is -0.172. The number of aryl methyl sites for hydroxylation is 2. The first kappa shape index (κ1) is 15.3. The summed E-state index contributed by atoms with van der Waals surface area (Å²) in [5, 5.41) is 6.45. The standard InChI is InChI=1S/C16H18ClN3O/c1-4-13-7-11(8-15(18-3)19-13)16(21)20-14-9-12(17)6-5-10(14)2/h5-9H,4H2,1-3H3,(H,18,19)(H,20,21). The van der Waals surface area contributed by atoms with Crippen LogP contribution in [0.2, 0.25) is 5.02 Å². The fourth-order valence-corrected chi connectivity index (χ4v) is 2.12. The van der Waals surface area contributed by atoms with Gasteiger partial charge in [0.25, 0.3) is 5.91 Å². The molecule has 0 fully saturated rings. The Labute approximate surface area is 129 Å². The van der Waals surface area contributed by atoms with E-state index in [2.05, 4.69) is 15.6 Å². The zero-order valence-corrected chi connectivity index (χ0v) is 13.1. The largest absolute Gasteiger partial charge is 0.373 e. The van der Waals surface area contributed by atoms with E-state index in [1.165, 1.54) is 0 Å². The molecular weight excluding hydrogens is 286 g/mol. The fourth-order valence-electron chi connectivity index (χ4n) is 1.95. The number of benzene rings is 1. The quantitative estimate of drug-likeness (QED) is 0.900. The van der Waals surface area contributed by atoms with Crippen LogP contribution in [-0.4, -0.2) is 17.9 Å². The molecule has 2 N–H and O–H groups in total. The monoisotopic (exact) mass is 303 g/mol. The molecule has 5 heteroatoms. The second-order valence-electron chi connectivity index (χ2n) is 4.75. The second kappa shape index (κ2) is 6.59. The summed E-state index contributed by atoms with van der Waals surface area (Å²) >= 11 is 5.97. The predicted molar refractivity (Wildman–Crippen MR) is 87.3 cm³/mol. The third-order valence-corrected chi connectivity index (χ3v) is 3.44. The molecule has 0 saturated heterocycles. The Morgan fingerprint density at radius 1 is 1.29 bits per heavy atom. The molecular formula is C16H18ClN3O. The number of halogens is 1. The molecule has 1 amide bonds. The van der Waals surface area contributed by atoms with Gasteiger partial charge in [-0.1, -0.05) is 24.6 Å². The molecule has 1 aromatic heterocycles. The van der Waals surface area contributed by atoms with Crippen molar-refractivity contribution in [1.29, 1.82) is 0 Å². The molecule has 0 unspecified atom stereocenters. The first-order chi connectivity index (χ1) is 10.0. The summed E-state index contributed by atoms with van der Waals surface area (Å²) in [5.74, 6) is 0.510. The summed E-state index contributed by atoms with van der Waals surface area (Å²) in [5.41, 5.74) is 3.13. The molecule has 0 aliphatic carbocycles. The van der Waals surface area contributed by atoms with Gasteiger partial charge < -0.3 is 10.6 Å². The van der Waals surface area contributed by atoms with E-state index >= 15 is 0 Å². The van der Waals surface area contributed by atoms with Gasteiger partial charge in [0.2, 0.25) is 0 Å². The van der Waals surface area contributed by atoms with Crippen molar-refractivity contribution in [2.75, 3.05) is 17.7 Å². The van der Waals surface area contributed by atoms with E-state index < -0.39 is 0 Å². The van der Waals surface area contributed by atoms with Crippen molar-refractivity contribution >= 4 is 29.0 Å². The molecule has 1 aromatic carbocycles. The van der Waals surface area contributed by atoms with Crippen LogP contribution < -0.4 is 10.6 Å². The van der Waals surface area contributed by atoms with Crippen LogP contribution in [0.1, 0.15) is 28.5 Å². The van der Waals surface area contributed by atoms with Crippen molar-refractivity contribution in [1.82, 2.24) is 4.98 Å². The maximum atomic E-state index is 12.4. The fraction of sp³-hybridized carbons (Fsp3) is 0.250. The van der Waals surface area contributed by atoms with Gasteiger partial charge in [-0.2, -0.15) is 0 Å². The van der Waals surface area contributed by atoms with Gasteiger partial charge in [-0.05, 0) is 43.2 Å². The molecule has 0 spiro atoms. The number of pyridine rings is 1. The normalized spacial score (nSPS) is 10.3. The lowest BCUT2D eigenvalue weighted by Gasteiger charge is -2.11. The smallest absolute Gasteiger partial charge is 0.255 e. The topological polar surface area (TPSA) is 54.0 Å². The second-order valence-corrected chi connectivity index (χ2v) is 5.19. The van der Waals surface area contributed by atoms with Crippen molar-refractivity contribution in [3.05, 3.63) is 52.2 Å². The summed E-state index contributed by atoms with van der Waals surface area (Å²) < 4.78 is 0. The van der Waals surface area contributed by atoms with E-state index in [1.807, 2.05) is 19.9 Å². The number of hydrogen-bond donors (Lipinski definition) is 2. The van der Waals surface area contributed by atoms with E-state index in [1.54, 1.807) is 31.3 Å². The number of nitrogens with zero attached hydrogens (tertiary/aromatic N) is 1. The third-order valence-electron chi connectivity index (χ3n) is 3.21. The summed E-state index contributed by atoms with van der Waals surface area (Å²) in [6.07, 6.45) is 0.770. The lowest BCUT2D eigenvalue weighted by molar-refractivity contribution is 0.102. The number of amides is 1. The average Bonchev–Trinajstić information content (AvgIpc) is 2.50. The van der Waals surface area contributed by atoms with Crippen molar-refractivity contribution in [2.45, 2.75) is 20.3 Å². The number of nitrogens with one attached hydrogen (secondary N) is 2. The zero-order chi connectivity index (χ0) is 15.4. The molecule has 2 rings (SSSR count). The molecule has 0 saturated carbocycles. The molecule has 0 aliphatic rings. The molecule has 110 valence electrons. The van der Waals surface area contributed by atoms with Crippen molar-refractivity contribution in [2.24, 2.45) is 0 Å². The van der Waals surface area contributed by atoms with Crippen LogP contribution in [0.15, 0.2) is 30.3 Å². The zero-order valence-electron chi connectivity index (χ0n) is 12.3. The van der Waals surface area contributed by atoms with Crippen LogP contribution in [0.4, 0.5) is 11.5 Å². The Kier molecular flexibility index (Phi) is 4.81. The summed E-state index contributed by atoms with van der Waals surface area (Å²) in [7, 11) is 1.78.